The Kier molecular flexibility index (Phi) is 5.19. The van der Waals surface area contributed by atoms with E-state index in [1.54, 1.807) is 0 Å². The number of nitrogens with zero attached hydrogens (tertiary/aromatic N) is 1. The molecule has 0 radical (unpaired) electrons. The molecule has 0 aliphatic heterocycles. The molecule has 0 amide bonds. The molecule has 0 N–H and O–H groups in total. The van der Waals surface area contributed by atoms with Gasteiger partial charge in [0.05, 0.1) is 0 Å². The third kappa shape index (κ3) is 4.48. The number of hydrogen-bond donors (Lipinski definition) is 0. The minimum atomic E-state index is 0.505. The molecule has 92 valence electrons. The number of rotatable bonds is 5. The van der Waals surface area contributed by atoms with Gasteiger partial charge in [0.1, 0.15) is 0 Å². The fourth-order valence-electron chi connectivity index (χ4n) is 1.56. The van der Waals surface area contributed by atoms with E-state index in [9.17, 15) is 0 Å². The van der Waals surface area contributed by atoms with Crippen LogP contribution in [0.25, 0.3) is 0 Å². The fraction of sp³-hybridized carbons (Fsp3) is 0.188. The van der Waals surface area contributed by atoms with E-state index in [0.717, 1.165) is 11.9 Å². The first-order valence-electron chi connectivity index (χ1n) is 6.06. The van der Waals surface area contributed by atoms with Crippen molar-refractivity contribution in [2.75, 3.05) is 0 Å². The Morgan fingerprint density at radius 2 is 1.56 bits per heavy atom. The van der Waals surface area contributed by atoms with Crippen LogP contribution >= 0.6 is 0 Å². The van der Waals surface area contributed by atoms with Gasteiger partial charge in [-0.15, -0.1) is 0 Å². The van der Waals surface area contributed by atoms with Gasteiger partial charge in [0.25, 0.3) is 0 Å². The van der Waals surface area contributed by atoms with Crippen LogP contribution in [0, 0.1) is 0 Å². The quantitative estimate of drug-likeness (QED) is 0.594. The maximum atomic E-state index is 4.64. The summed E-state index contributed by atoms with van der Waals surface area (Å²) in [7, 11) is 0. The van der Waals surface area contributed by atoms with Gasteiger partial charge in [-0.1, -0.05) is 0 Å². The standard InChI is InChI=1S/C16H17NSe/c1-14(13-18-16-10-6-3-7-11-16)17-12-15-8-4-2-5-9-15/h2-11H,12-13H2,1H3. The zero-order valence-corrected chi connectivity index (χ0v) is 12.3. The van der Waals surface area contributed by atoms with Gasteiger partial charge in [-0.3, -0.25) is 0 Å². The first-order valence-corrected chi connectivity index (χ1v) is 8.13. The van der Waals surface area contributed by atoms with Crippen molar-refractivity contribution in [3.8, 4) is 0 Å². The van der Waals surface area contributed by atoms with Gasteiger partial charge in [-0.05, 0) is 0 Å². The van der Waals surface area contributed by atoms with Crippen LogP contribution in [0.3, 0.4) is 0 Å². The molecular formula is C16H17NSe. The molecule has 0 aliphatic rings. The molecule has 0 aromatic heterocycles. The first-order chi connectivity index (χ1) is 8.84. The van der Waals surface area contributed by atoms with E-state index < -0.39 is 0 Å². The molecule has 0 fully saturated rings. The van der Waals surface area contributed by atoms with Crippen molar-refractivity contribution in [2.24, 2.45) is 4.99 Å². The summed E-state index contributed by atoms with van der Waals surface area (Å²) in [6.45, 7) is 2.94. The predicted molar refractivity (Wildman–Crippen MR) is 79.9 cm³/mol. The molecular weight excluding hydrogens is 285 g/mol. The molecule has 1 nitrogen and oxygen atoms in total. The van der Waals surface area contributed by atoms with E-state index in [4.69, 9.17) is 0 Å². The van der Waals surface area contributed by atoms with Crippen molar-refractivity contribution in [3.63, 3.8) is 0 Å². The van der Waals surface area contributed by atoms with E-state index in [1.807, 2.05) is 6.07 Å². The normalized spacial score (nSPS) is 11.5. The summed E-state index contributed by atoms with van der Waals surface area (Å²) in [6, 6.07) is 21.1. The summed E-state index contributed by atoms with van der Waals surface area (Å²) in [5.41, 5.74) is 2.53. The van der Waals surface area contributed by atoms with Gasteiger partial charge in [0, 0.05) is 0 Å². The molecule has 0 heterocycles. The maximum absolute atomic E-state index is 4.64. The third-order valence-electron chi connectivity index (χ3n) is 2.57. The van der Waals surface area contributed by atoms with Crippen LogP contribution in [0.2, 0.25) is 5.32 Å². The molecule has 0 saturated heterocycles. The SMILES string of the molecule is CC(C[Se]c1ccccc1)=NCc1ccccc1. The van der Waals surface area contributed by atoms with Crippen molar-refractivity contribution in [3.05, 3.63) is 66.2 Å². The number of aliphatic imine (C=N–C) groups is 1. The van der Waals surface area contributed by atoms with Gasteiger partial charge in [-0.25, -0.2) is 0 Å². The van der Waals surface area contributed by atoms with Crippen LogP contribution in [0.15, 0.2) is 65.7 Å². The molecule has 2 aromatic carbocycles. The van der Waals surface area contributed by atoms with Crippen LogP contribution in [0.5, 0.6) is 0 Å². The molecule has 0 unspecified atom stereocenters. The van der Waals surface area contributed by atoms with E-state index >= 15 is 0 Å². The topological polar surface area (TPSA) is 12.4 Å². The number of benzene rings is 2. The molecule has 2 heteroatoms. The second-order valence-electron chi connectivity index (χ2n) is 4.14. The Labute approximate surface area is 115 Å². The molecule has 2 aromatic rings. The Bertz CT molecular complexity index is 491. The third-order valence-corrected chi connectivity index (χ3v) is 5.02. The first kappa shape index (κ1) is 13.1. The van der Waals surface area contributed by atoms with Gasteiger partial charge in [0.15, 0.2) is 0 Å². The average Bonchev–Trinajstić information content (AvgIpc) is 2.45. The Morgan fingerprint density at radius 3 is 2.22 bits per heavy atom. The summed E-state index contributed by atoms with van der Waals surface area (Å²) in [5.74, 6) is 0. The van der Waals surface area contributed by atoms with Gasteiger partial charge in [-0.2, -0.15) is 0 Å². The number of hydrogen-bond acceptors (Lipinski definition) is 1. The average molecular weight is 302 g/mol. The zero-order chi connectivity index (χ0) is 12.6. The Morgan fingerprint density at radius 1 is 0.944 bits per heavy atom. The molecule has 0 bridgehead atoms. The summed E-state index contributed by atoms with van der Waals surface area (Å²) >= 11 is 0.505. The van der Waals surface area contributed by atoms with Gasteiger partial charge in [0.2, 0.25) is 0 Å². The predicted octanol–water partition coefficient (Wildman–Crippen LogP) is 3.10. The van der Waals surface area contributed by atoms with Crippen molar-refractivity contribution < 1.29 is 0 Å². The summed E-state index contributed by atoms with van der Waals surface area (Å²) in [5, 5.41) is 1.10. The second-order valence-corrected chi connectivity index (χ2v) is 6.34. The molecule has 0 spiro atoms. The van der Waals surface area contributed by atoms with E-state index in [0.29, 0.717) is 15.0 Å². The van der Waals surface area contributed by atoms with Crippen LogP contribution < -0.4 is 4.46 Å². The van der Waals surface area contributed by atoms with E-state index in [2.05, 4.69) is 66.5 Å². The molecule has 0 atom stereocenters. The molecule has 18 heavy (non-hydrogen) atoms. The fourth-order valence-corrected chi connectivity index (χ4v) is 3.27. The summed E-state index contributed by atoms with van der Waals surface area (Å²) in [6.07, 6.45) is 0. The van der Waals surface area contributed by atoms with Crippen LogP contribution in [-0.4, -0.2) is 20.7 Å². The van der Waals surface area contributed by atoms with Crippen molar-refractivity contribution in [1.29, 1.82) is 0 Å². The summed E-state index contributed by atoms with van der Waals surface area (Å²) in [4.78, 5) is 4.64. The van der Waals surface area contributed by atoms with Crippen molar-refractivity contribution >= 4 is 25.1 Å². The Hall–Kier alpha value is -1.37. The Balaban J connectivity index is 1.83. The molecule has 2 rings (SSSR count). The zero-order valence-electron chi connectivity index (χ0n) is 10.5. The summed E-state index contributed by atoms with van der Waals surface area (Å²) < 4.78 is 1.44. The van der Waals surface area contributed by atoms with E-state index in [1.165, 1.54) is 15.7 Å². The minimum absolute atomic E-state index is 0.505. The van der Waals surface area contributed by atoms with Crippen LogP contribution in [-0.2, 0) is 6.54 Å². The molecule has 0 aliphatic carbocycles. The van der Waals surface area contributed by atoms with Crippen molar-refractivity contribution in [2.45, 2.75) is 18.8 Å². The second kappa shape index (κ2) is 7.15. The van der Waals surface area contributed by atoms with Crippen LogP contribution in [0.1, 0.15) is 12.5 Å². The van der Waals surface area contributed by atoms with E-state index in [-0.39, 0.29) is 0 Å². The van der Waals surface area contributed by atoms with Gasteiger partial charge < -0.3 is 0 Å². The van der Waals surface area contributed by atoms with Gasteiger partial charge >= 0.3 is 115 Å². The van der Waals surface area contributed by atoms with Crippen LogP contribution in [0.4, 0.5) is 0 Å². The monoisotopic (exact) mass is 303 g/mol. The molecule has 0 saturated carbocycles. The van der Waals surface area contributed by atoms with Crippen molar-refractivity contribution in [1.82, 2.24) is 0 Å².